The molecule has 0 atom stereocenters. The van der Waals surface area contributed by atoms with Gasteiger partial charge in [-0.1, -0.05) is 12.1 Å². The standard InChI is InChI=1S/C15H18N4O2/c1-15(2)10-16-8-9-18(15)12-6-7-17-14-11(12)4-3-5-13(14)19(20)21/h3-7,16H,8-10H2,1-2H3. The summed E-state index contributed by atoms with van der Waals surface area (Å²) in [4.78, 5) is 17.3. The fraction of sp³-hybridized carbons (Fsp3) is 0.400. The molecule has 0 unspecified atom stereocenters. The van der Waals surface area contributed by atoms with Gasteiger partial charge in [-0.2, -0.15) is 0 Å². The van der Waals surface area contributed by atoms with Gasteiger partial charge in [-0.15, -0.1) is 0 Å². The van der Waals surface area contributed by atoms with Crippen molar-refractivity contribution in [3.63, 3.8) is 0 Å². The van der Waals surface area contributed by atoms with Gasteiger partial charge in [0.1, 0.15) is 5.52 Å². The maximum atomic E-state index is 11.2. The Morgan fingerprint density at radius 3 is 2.90 bits per heavy atom. The topological polar surface area (TPSA) is 71.3 Å². The first kappa shape index (κ1) is 13.8. The first-order chi connectivity index (χ1) is 10.0. The van der Waals surface area contributed by atoms with Crippen LogP contribution in [-0.4, -0.2) is 35.1 Å². The van der Waals surface area contributed by atoms with Crippen molar-refractivity contribution in [2.75, 3.05) is 24.5 Å². The number of nitro benzene ring substituents is 1. The molecule has 0 aliphatic carbocycles. The SMILES string of the molecule is CC1(C)CNCCN1c1ccnc2c([N+](=O)[O-])cccc12. The lowest BCUT2D eigenvalue weighted by Crippen LogP contribution is -2.58. The van der Waals surface area contributed by atoms with Crippen LogP contribution in [0.25, 0.3) is 10.9 Å². The maximum Gasteiger partial charge on any atom is 0.295 e. The van der Waals surface area contributed by atoms with Crippen molar-refractivity contribution in [3.8, 4) is 0 Å². The third kappa shape index (κ3) is 2.31. The van der Waals surface area contributed by atoms with Crippen LogP contribution in [-0.2, 0) is 0 Å². The summed E-state index contributed by atoms with van der Waals surface area (Å²) >= 11 is 0. The number of para-hydroxylation sites is 1. The summed E-state index contributed by atoms with van der Waals surface area (Å²) in [5, 5.41) is 15.4. The van der Waals surface area contributed by atoms with Crippen LogP contribution in [0, 0.1) is 10.1 Å². The van der Waals surface area contributed by atoms with E-state index in [9.17, 15) is 10.1 Å². The summed E-state index contributed by atoms with van der Waals surface area (Å²) in [5.41, 5.74) is 1.48. The second-order valence-electron chi connectivity index (χ2n) is 5.90. The summed E-state index contributed by atoms with van der Waals surface area (Å²) in [6.45, 7) is 6.99. The predicted molar refractivity (Wildman–Crippen MR) is 82.7 cm³/mol. The number of aromatic nitrogens is 1. The van der Waals surface area contributed by atoms with Gasteiger partial charge in [-0.25, -0.2) is 4.98 Å². The molecule has 1 saturated heterocycles. The van der Waals surface area contributed by atoms with Crippen LogP contribution >= 0.6 is 0 Å². The van der Waals surface area contributed by atoms with Crippen LogP contribution in [0.3, 0.4) is 0 Å². The Morgan fingerprint density at radius 2 is 2.19 bits per heavy atom. The van der Waals surface area contributed by atoms with E-state index in [2.05, 4.69) is 29.0 Å². The highest BCUT2D eigenvalue weighted by molar-refractivity contribution is 5.97. The Morgan fingerprint density at radius 1 is 1.38 bits per heavy atom. The summed E-state index contributed by atoms with van der Waals surface area (Å²) < 4.78 is 0. The molecule has 1 aliphatic rings. The van der Waals surface area contributed by atoms with E-state index >= 15 is 0 Å². The van der Waals surface area contributed by atoms with Crippen LogP contribution in [0.5, 0.6) is 0 Å². The number of nitrogens with one attached hydrogen (secondary N) is 1. The zero-order valence-corrected chi connectivity index (χ0v) is 12.2. The molecule has 0 spiro atoms. The molecule has 0 radical (unpaired) electrons. The highest BCUT2D eigenvalue weighted by Crippen LogP contribution is 2.34. The van der Waals surface area contributed by atoms with Gasteiger partial charge >= 0.3 is 0 Å². The molecule has 21 heavy (non-hydrogen) atoms. The third-order valence-corrected chi connectivity index (χ3v) is 4.01. The quantitative estimate of drug-likeness (QED) is 0.677. The summed E-state index contributed by atoms with van der Waals surface area (Å²) in [7, 11) is 0. The molecule has 3 rings (SSSR count). The van der Waals surface area contributed by atoms with Crippen LogP contribution in [0.1, 0.15) is 13.8 Å². The van der Waals surface area contributed by atoms with E-state index in [0.717, 1.165) is 30.7 Å². The number of hydrogen-bond acceptors (Lipinski definition) is 5. The van der Waals surface area contributed by atoms with Crippen LogP contribution in [0.4, 0.5) is 11.4 Å². The number of pyridine rings is 1. The Hall–Kier alpha value is -2.21. The number of non-ortho nitro benzene ring substituents is 1. The van der Waals surface area contributed by atoms with Crippen molar-refractivity contribution in [3.05, 3.63) is 40.6 Å². The minimum atomic E-state index is -0.373. The molecule has 1 fully saturated rings. The lowest BCUT2D eigenvalue weighted by atomic mass is 9.98. The van der Waals surface area contributed by atoms with E-state index in [4.69, 9.17) is 0 Å². The highest BCUT2D eigenvalue weighted by Gasteiger charge is 2.31. The molecular formula is C15H18N4O2. The molecule has 2 aromatic rings. The second-order valence-corrected chi connectivity index (χ2v) is 5.90. The maximum absolute atomic E-state index is 11.2. The van der Waals surface area contributed by atoms with Gasteiger partial charge in [0.2, 0.25) is 0 Å². The van der Waals surface area contributed by atoms with Gasteiger partial charge in [-0.3, -0.25) is 10.1 Å². The second kappa shape index (κ2) is 4.96. The lowest BCUT2D eigenvalue weighted by molar-refractivity contribution is -0.383. The van der Waals surface area contributed by atoms with Gasteiger partial charge in [0.05, 0.1) is 4.92 Å². The molecule has 0 amide bonds. The summed E-state index contributed by atoms with van der Waals surface area (Å²) in [5.74, 6) is 0. The van der Waals surface area contributed by atoms with E-state index in [0.29, 0.717) is 5.52 Å². The van der Waals surface area contributed by atoms with E-state index in [1.165, 1.54) is 6.07 Å². The third-order valence-electron chi connectivity index (χ3n) is 4.01. The van der Waals surface area contributed by atoms with Crippen molar-refractivity contribution in [2.45, 2.75) is 19.4 Å². The first-order valence-electron chi connectivity index (χ1n) is 7.01. The number of piperazine rings is 1. The number of nitrogens with zero attached hydrogens (tertiary/aromatic N) is 3. The number of nitro groups is 1. The molecule has 2 heterocycles. The first-order valence-corrected chi connectivity index (χ1v) is 7.01. The molecule has 0 bridgehead atoms. The van der Waals surface area contributed by atoms with Crippen LogP contribution in [0.2, 0.25) is 0 Å². The van der Waals surface area contributed by atoms with Gasteiger partial charge in [0, 0.05) is 48.5 Å². The average molecular weight is 286 g/mol. The summed E-state index contributed by atoms with van der Waals surface area (Å²) in [6.07, 6.45) is 1.66. The molecular weight excluding hydrogens is 268 g/mol. The molecule has 0 saturated carbocycles. The molecule has 1 aromatic carbocycles. The molecule has 6 heteroatoms. The Labute approximate surface area is 122 Å². The minimum Gasteiger partial charge on any atom is -0.363 e. The molecule has 6 nitrogen and oxygen atoms in total. The normalized spacial score (nSPS) is 17.9. The van der Waals surface area contributed by atoms with Crippen LogP contribution in [0.15, 0.2) is 30.5 Å². The van der Waals surface area contributed by atoms with Gasteiger partial charge in [0.25, 0.3) is 5.69 Å². The molecule has 1 N–H and O–H groups in total. The number of anilines is 1. The van der Waals surface area contributed by atoms with Gasteiger partial charge < -0.3 is 10.2 Å². The molecule has 110 valence electrons. The Balaban J connectivity index is 2.20. The van der Waals surface area contributed by atoms with Crippen molar-refractivity contribution in [1.29, 1.82) is 0 Å². The smallest absolute Gasteiger partial charge is 0.295 e. The zero-order chi connectivity index (χ0) is 15.0. The van der Waals surface area contributed by atoms with Crippen molar-refractivity contribution in [2.24, 2.45) is 0 Å². The monoisotopic (exact) mass is 286 g/mol. The Bertz CT molecular complexity index is 699. The van der Waals surface area contributed by atoms with E-state index in [1.807, 2.05) is 12.1 Å². The van der Waals surface area contributed by atoms with Crippen LogP contribution < -0.4 is 10.2 Å². The van der Waals surface area contributed by atoms with Crippen molar-refractivity contribution < 1.29 is 4.92 Å². The van der Waals surface area contributed by atoms with E-state index < -0.39 is 0 Å². The molecule has 1 aliphatic heterocycles. The number of fused-ring (bicyclic) bond motifs is 1. The van der Waals surface area contributed by atoms with E-state index in [1.54, 1.807) is 12.3 Å². The fourth-order valence-electron chi connectivity index (χ4n) is 2.96. The fourth-order valence-corrected chi connectivity index (χ4v) is 2.96. The predicted octanol–water partition coefficient (Wildman–Crippen LogP) is 2.33. The van der Waals surface area contributed by atoms with Gasteiger partial charge in [0.15, 0.2) is 0 Å². The number of benzene rings is 1. The lowest BCUT2D eigenvalue weighted by Gasteiger charge is -2.44. The van der Waals surface area contributed by atoms with Crippen molar-refractivity contribution >= 4 is 22.3 Å². The summed E-state index contributed by atoms with van der Waals surface area (Å²) in [6, 6.07) is 7.07. The minimum absolute atomic E-state index is 0.0445. The van der Waals surface area contributed by atoms with E-state index in [-0.39, 0.29) is 16.1 Å². The van der Waals surface area contributed by atoms with Gasteiger partial charge in [-0.05, 0) is 19.9 Å². The Kier molecular flexibility index (Phi) is 3.25. The number of rotatable bonds is 2. The molecule has 1 aromatic heterocycles. The zero-order valence-electron chi connectivity index (χ0n) is 12.2. The highest BCUT2D eigenvalue weighted by atomic mass is 16.6. The largest absolute Gasteiger partial charge is 0.363 e. The van der Waals surface area contributed by atoms with Crippen molar-refractivity contribution in [1.82, 2.24) is 10.3 Å². The number of hydrogen-bond donors (Lipinski definition) is 1. The average Bonchev–Trinajstić information content (AvgIpc) is 2.45.